The molecule has 0 aliphatic rings. The van der Waals surface area contributed by atoms with Crippen molar-refractivity contribution in [3.8, 4) is 0 Å². The van der Waals surface area contributed by atoms with Crippen LogP contribution in [-0.4, -0.2) is 81.4 Å². The van der Waals surface area contributed by atoms with Gasteiger partial charge in [0.25, 0.3) is 0 Å². The number of urea groups is 1. The zero-order chi connectivity index (χ0) is 29.0. The molecule has 0 bridgehead atoms. The van der Waals surface area contributed by atoms with Gasteiger partial charge in [-0.2, -0.15) is 0 Å². The van der Waals surface area contributed by atoms with E-state index >= 15 is 0 Å². The molecule has 39 heavy (non-hydrogen) atoms. The summed E-state index contributed by atoms with van der Waals surface area (Å²) in [7, 11) is 2.63. The van der Waals surface area contributed by atoms with Crippen molar-refractivity contribution >= 4 is 34.6 Å². The van der Waals surface area contributed by atoms with Gasteiger partial charge in [0, 0.05) is 53.0 Å². The molecule has 3 aromatic rings. The van der Waals surface area contributed by atoms with Gasteiger partial charge >= 0.3 is 6.03 Å². The number of nitrogens with zero attached hydrogens (tertiary/aromatic N) is 5. The molecule has 5 N–H and O–H groups in total. The van der Waals surface area contributed by atoms with Gasteiger partial charge in [0.2, 0.25) is 5.91 Å². The van der Waals surface area contributed by atoms with Crippen molar-refractivity contribution in [2.75, 3.05) is 44.9 Å². The molecule has 12 heteroatoms. The second kappa shape index (κ2) is 15.0. The largest absolute Gasteiger partial charge is 0.400 e. The Morgan fingerprint density at radius 1 is 1.15 bits per heavy atom. The van der Waals surface area contributed by atoms with E-state index in [0.717, 1.165) is 12.8 Å². The molecule has 1 atom stereocenters. The fraction of sp³-hybridized carbons (Fsp3) is 0.519. The lowest BCUT2D eigenvalue weighted by atomic mass is 9.87. The van der Waals surface area contributed by atoms with E-state index in [1.54, 1.807) is 18.3 Å². The Morgan fingerprint density at radius 2 is 1.85 bits per heavy atom. The molecule has 0 spiro atoms. The molecule has 3 amide bonds. The molecule has 0 saturated heterocycles. The van der Waals surface area contributed by atoms with Crippen LogP contribution in [0.4, 0.5) is 16.3 Å². The van der Waals surface area contributed by atoms with Crippen LogP contribution >= 0.6 is 0 Å². The summed E-state index contributed by atoms with van der Waals surface area (Å²) in [5, 5.41) is 12.7. The number of nitrogens with two attached hydrogens (primary N) is 1. The van der Waals surface area contributed by atoms with Gasteiger partial charge in [0.05, 0.1) is 12.4 Å². The van der Waals surface area contributed by atoms with Crippen molar-refractivity contribution in [3.63, 3.8) is 0 Å². The van der Waals surface area contributed by atoms with Crippen LogP contribution in [0, 0.1) is 0 Å². The highest BCUT2D eigenvalue weighted by atomic mass is 16.5. The maximum atomic E-state index is 12.3. The molecule has 3 rings (SSSR count). The summed E-state index contributed by atoms with van der Waals surface area (Å²) in [5.74, 6) is 0.301. The molecule has 1 unspecified atom stereocenters. The Hall–Kier alpha value is -3.77. The highest BCUT2D eigenvalue weighted by Gasteiger charge is 2.18. The number of rotatable bonds is 11. The number of carbonyl (C=O) groups is 2. The number of amides is 3. The fourth-order valence-corrected chi connectivity index (χ4v) is 3.95. The number of aryl methyl sites for hydroxylation is 1. The van der Waals surface area contributed by atoms with Gasteiger partial charge in [0.1, 0.15) is 11.8 Å². The fourth-order valence-electron chi connectivity index (χ4n) is 3.95. The van der Waals surface area contributed by atoms with Crippen molar-refractivity contribution in [3.05, 3.63) is 42.5 Å². The Morgan fingerprint density at radius 3 is 2.46 bits per heavy atom. The Balaban J connectivity index is 0.00000260. The minimum atomic E-state index is -0.273. The van der Waals surface area contributed by atoms with Gasteiger partial charge in [-0.15, -0.1) is 0 Å². The van der Waals surface area contributed by atoms with Gasteiger partial charge in [-0.05, 0) is 36.0 Å². The first-order valence-electron chi connectivity index (χ1n) is 12.9. The molecule has 0 saturated carbocycles. The summed E-state index contributed by atoms with van der Waals surface area (Å²) < 4.78 is 7.54. The van der Waals surface area contributed by atoms with Crippen molar-refractivity contribution in [2.24, 2.45) is 0 Å². The van der Waals surface area contributed by atoms with Gasteiger partial charge in [-0.3, -0.25) is 4.79 Å². The molecule has 0 aliphatic heterocycles. The predicted octanol–water partition coefficient (Wildman–Crippen LogP) is 2.78. The van der Waals surface area contributed by atoms with E-state index in [1.165, 1.54) is 18.8 Å². The van der Waals surface area contributed by atoms with Crippen LogP contribution in [0.15, 0.2) is 36.9 Å². The lowest BCUT2D eigenvalue weighted by Crippen LogP contribution is -2.39. The number of aliphatic hydroxyl groups is 1. The third-order valence-corrected chi connectivity index (χ3v) is 6.22. The van der Waals surface area contributed by atoms with E-state index in [0.29, 0.717) is 56.0 Å². The quantitative estimate of drug-likeness (QED) is 0.269. The maximum Gasteiger partial charge on any atom is 0.319 e. The number of methoxy groups -OCH3 is 1. The molecule has 0 fully saturated rings. The summed E-state index contributed by atoms with van der Waals surface area (Å²) >= 11 is 0. The maximum absolute atomic E-state index is 12.3. The monoisotopic (exact) mass is 542 g/mol. The van der Waals surface area contributed by atoms with E-state index in [4.69, 9.17) is 15.6 Å². The molecular formula is C27H42N8O4. The summed E-state index contributed by atoms with van der Waals surface area (Å²) in [6, 6.07) is 7.56. The highest BCUT2D eigenvalue weighted by molar-refractivity contribution is 5.89. The second-order valence-electron chi connectivity index (χ2n) is 10.0. The SMILES string of the molecule is CO.COC(CCn1cnc2c(N)ncnc21)CN(CCCNC(=O)Nc1ccc(C(C)(C)C)cc1)C(C)=O. The average molecular weight is 543 g/mol. The first-order valence-corrected chi connectivity index (χ1v) is 12.9. The first kappa shape index (κ1) is 31.4. The van der Waals surface area contributed by atoms with Crippen LogP contribution in [0.25, 0.3) is 11.2 Å². The van der Waals surface area contributed by atoms with Crippen LogP contribution in [-0.2, 0) is 21.5 Å². The van der Waals surface area contributed by atoms with E-state index in [9.17, 15) is 9.59 Å². The first-order chi connectivity index (χ1) is 18.6. The third-order valence-electron chi connectivity index (χ3n) is 6.22. The van der Waals surface area contributed by atoms with Crippen LogP contribution in [0.5, 0.6) is 0 Å². The number of nitrogens with one attached hydrogen (secondary N) is 2. The van der Waals surface area contributed by atoms with E-state index in [1.807, 2.05) is 28.8 Å². The van der Waals surface area contributed by atoms with Crippen molar-refractivity contribution in [1.82, 2.24) is 29.7 Å². The van der Waals surface area contributed by atoms with Crippen LogP contribution in [0.1, 0.15) is 46.1 Å². The number of aromatic nitrogens is 4. The number of benzene rings is 1. The van der Waals surface area contributed by atoms with Gasteiger partial charge in [-0.1, -0.05) is 32.9 Å². The summed E-state index contributed by atoms with van der Waals surface area (Å²) in [5.41, 5.74) is 9.09. The van der Waals surface area contributed by atoms with E-state index < -0.39 is 0 Å². The number of anilines is 2. The normalized spacial score (nSPS) is 11.9. The second-order valence-corrected chi connectivity index (χ2v) is 10.0. The predicted molar refractivity (Wildman–Crippen MR) is 152 cm³/mol. The third kappa shape index (κ3) is 9.48. The van der Waals surface area contributed by atoms with Gasteiger partial charge in [0.15, 0.2) is 11.5 Å². The van der Waals surface area contributed by atoms with Gasteiger partial charge in [-0.25, -0.2) is 19.7 Å². The minimum Gasteiger partial charge on any atom is -0.400 e. The number of hydrogen-bond donors (Lipinski definition) is 4. The number of nitrogen functional groups attached to an aromatic ring is 1. The van der Waals surface area contributed by atoms with Crippen LogP contribution < -0.4 is 16.4 Å². The molecule has 2 aromatic heterocycles. The van der Waals surface area contributed by atoms with E-state index in [-0.39, 0.29) is 23.5 Å². The smallest absolute Gasteiger partial charge is 0.319 e. The standard InChI is InChI=1S/C26H38N8O3.CH4O/c1-18(35)33(13-6-12-28-25(36)32-20-9-7-19(8-10-20)26(2,3)4)15-21(37-5)11-14-34-17-31-22-23(27)29-16-30-24(22)34;1-2/h7-10,16-17,21H,6,11-15H2,1-5H3,(H2,27,29,30)(H2,28,32,36);2H,1H3. The Labute approximate surface area is 230 Å². The molecular weight excluding hydrogens is 500 g/mol. The van der Waals surface area contributed by atoms with Crippen molar-refractivity contribution in [2.45, 2.75) is 58.6 Å². The molecule has 0 aliphatic carbocycles. The lowest BCUT2D eigenvalue weighted by Gasteiger charge is -2.26. The van der Waals surface area contributed by atoms with Crippen molar-refractivity contribution in [1.29, 1.82) is 0 Å². The molecule has 2 heterocycles. The molecule has 1 aromatic carbocycles. The summed E-state index contributed by atoms with van der Waals surface area (Å²) in [6.45, 7) is 9.98. The molecule has 12 nitrogen and oxygen atoms in total. The lowest BCUT2D eigenvalue weighted by molar-refractivity contribution is -0.130. The summed E-state index contributed by atoms with van der Waals surface area (Å²) in [4.78, 5) is 38.7. The topological polar surface area (TPSA) is 161 Å². The number of ether oxygens (including phenoxy) is 1. The number of imidazole rings is 1. The molecule has 0 radical (unpaired) electrons. The highest BCUT2D eigenvalue weighted by Crippen LogP contribution is 2.23. The number of aliphatic hydroxyl groups excluding tert-OH is 1. The average Bonchev–Trinajstić information content (AvgIpc) is 3.33. The number of fused-ring (bicyclic) bond motifs is 1. The number of hydrogen-bond acceptors (Lipinski definition) is 8. The van der Waals surface area contributed by atoms with E-state index in [2.05, 4.69) is 46.4 Å². The zero-order valence-corrected chi connectivity index (χ0v) is 23.8. The summed E-state index contributed by atoms with van der Waals surface area (Å²) in [6.07, 6.45) is 4.20. The van der Waals surface area contributed by atoms with Crippen LogP contribution in [0.2, 0.25) is 0 Å². The Bertz CT molecular complexity index is 1190. The molecule has 214 valence electrons. The van der Waals surface area contributed by atoms with Gasteiger partial charge < -0.3 is 35.7 Å². The van der Waals surface area contributed by atoms with Crippen molar-refractivity contribution < 1.29 is 19.4 Å². The number of carbonyl (C=O) groups excluding carboxylic acids is 2. The van der Waals surface area contributed by atoms with Crippen LogP contribution in [0.3, 0.4) is 0 Å². The minimum absolute atomic E-state index is 0.0426. The zero-order valence-electron chi connectivity index (χ0n) is 23.8. The Kier molecular flexibility index (Phi) is 12.1.